The quantitative estimate of drug-likeness (QED) is 0.795. The molecule has 0 saturated carbocycles. The minimum absolute atomic E-state index is 0.576. The maximum atomic E-state index is 10.9. The van der Waals surface area contributed by atoms with Gasteiger partial charge in [-0.25, -0.2) is 4.98 Å². The third-order valence-electron chi connectivity index (χ3n) is 1.78. The van der Waals surface area contributed by atoms with Crippen LogP contribution < -0.4 is 0 Å². The van der Waals surface area contributed by atoms with E-state index in [4.69, 9.17) is 5.11 Å². The number of nitrogens with zero attached hydrogens (tertiary/aromatic N) is 2. The number of thiazole rings is 1. The average Bonchev–Trinajstić information content (AvgIpc) is 2.35. The molecule has 0 fully saturated rings. The fourth-order valence-electron chi connectivity index (χ4n) is 1.14. The summed E-state index contributed by atoms with van der Waals surface area (Å²) in [5.74, 6) is -0.836. The van der Waals surface area contributed by atoms with E-state index >= 15 is 0 Å². The molecule has 0 aromatic carbocycles. The standard InChI is InChI=1S/C8H12N2O2S/c1-5-7(13-4-9-5)6(8(11)12)10(2)3/h4,6H,1-3H3,(H,11,12). The second-order valence-corrected chi connectivity index (χ2v) is 3.89. The van der Waals surface area contributed by atoms with Crippen LogP contribution >= 0.6 is 11.3 Å². The number of carboxylic acids is 1. The molecular weight excluding hydrogens is 188 g/mol. The highest BCUT2D eigenvalue weighted by molar-refractivity contribution is 7.10. The van der Waals surface area contributed by atoms with Crippen molar-refractivity contribution < 1.29 is 9.90 Å². The number of aryl methyl sites for hydroxylation is 1. The third-order valence-corrected chi connectivity index (χ3v) is 2.76. The van der Waals surface area contributed by atoms with Gasteiger partial charge in [-0.15, -0.1) is 11.3 Å². The van der Waals surface area contributed by atoms with Gasteiger partial charge in [-0.2, -0.15) is 0 Å². The number of carboxylic acid groups (broad SMARTS) is 1. The minimum atomic E-state index is -0.836. The number of carbonyl (C=O) groups is 1. The fourth-order valence-corrected chi connectivity index (χ4v) is 2.13. The molecule has 5 heteroatoms. The predicted octanol–water partition coefficient (Wildman–Crippen LogP) is 1.14. The molecule has 1 heterocycles. The molecule has 1 rings (SSSR count). The van der Waals surface area contributed by atoms with E-state index in [2.05, 4.69) is 4.98 Å². The predicted molar refractivity (Wildman–Crippen MR) is 50.9 cm³/mol. The van der Waals surface area contributed by atoms with Crippen molar-refractivity contribution in [2.24, 2.45) is 0 Å². The van der Waals surface area contributed by atoms with Crippen molar-refractivity contribution in [3.63, 3.8) is 0 Å². The monoisotopic (exact) mass is 200 g/mol. The second-order valence-electron chi connectivity index (χ2n) is 3.01. The van der Waals surface area contributed by atoms with Gasteiger partial charge in [0.25, 0.3) is 0 Å². The summed E-state index contributed by atoms with van der Waals surface area (Å²) in [6, 6.07) is -0.576. The maximum Gasteiger partial charge on any atom is 0.326 e. The largest absolute Gasteiger partial charge is 0.480 e. The summed E-state index contributed by atoms with van der Waals surface area (Å²) in [4.78, 5) is 17.4. The van der Waals surface area contributed by atoms with Crippen LogP contribution in [0.3, 0.4) is 0 Å². The zero-order valence-electron chi connectivity index (χ0n) is 7.81. The summed E-state index contributed by atoms with van der Waals surface area (Å²) in [6.45, 7) is 1.82. The van der Waals surface area contributed by atoms with Gasteiger partial charge in [0.05, 0.1) is 16.1 Å². The lowest BCUT2D eigenvalue weighted by Crippen LogP contribution is -2.27. The van der Waals surface area contributed by atoms with Gasteiger partial charge in [-0.1, -0.05) is 0 Å². The highest BCUT2D eigenvalue weighted by atomic mass is 32.1. The van der Waals surface area contributed by atoms with Crippen LogP contribution in [0, 0.1) is 6.92 Å². The van der Waals surface area contributed by atoms with E-state index in [0.29, 0.717) is 0 Å². The van der Waals surface area contributed by atoms with Crippen LogP contribution in [0.1, 0.15) is 16.6 Å². The van der Waals surface area contributed by atoms with Crippen LogP contribution in [0.15, 0.2) is 5.51 Å². The topological polar surface area (TPSA) is 53.4 Å². The Labute approximate surface area is 80.8 Å². The van der Waals surface area contributed by atoms with Crippen LogP contribution in [0.2, 0.25) is 0 Å². The summed E-state index contributed by atoms with van der Waals surface area (Å²) < 4.78 is 0. The zero-order chi connectivity index (χ0) is 10.0. The molecule has 0 aliphatic carbocycles. The van der Waals surface area contributed by atoms with Gasteiger partial charge in [0.2, 0.25) is 0 Å². The van der Waals surface area contributed by atoms with Crippen LogP contribution in [0.4, 0.5) is 0 Å². The van der Waals surface area contributed by atoms with Crippen molar-refractivity contribution in [1.82, 2.24) is 9.88 Å². The lowest BCUT2D eigenvalue weighted by molar-refractivity contribution is -0.142. The van der Waals surface area contributed by atoms with E-state index in [0.717, 1.165) is 10.6 Å². The summed E-state index contributed by atoms with van der Waals surface area (Å²) in [6.07, 6.45) is 0. The van der Waals surface area contributed by atoms with E-state index in [1.807, 2.05) is 6.92 Å². The molecule has 0 bridgehead atoms. The molecule has 1 aromatic rings. The van der Waals surface area contributed by atoms with E-state index in [9.17, 15) is 4.79 Å². The van der Waals surface area contributed by atoms with Crippen molar-refractivity contribution in [3.8, 4) is 0 Å². The van der Waals surface area contributed by atoms with E-state index < -0.39 is 12.0 Å². The number of aliphatic carboxylic acids is 1. The van der Waals surface area contributed by atoms with Gasteiger partial charge < -0.3 is 5.11 Å². The highest BCUT2D eigenvalue weighted by Gasteiger charge is 2.25. The Morgan fingerprint density at radius 3 is 2.62 bits per heavy atom. The fraction of sp³-hybridized carbons (Fsp3) is 0.500. The lowest BCUT2D eigenvalue weighted by atomic mass is 10.2. The number of hydrogen-bond acceptors (Lipinski definition) is 4. The van der Waals surface area contributed by atoms with Crippen molar-refractivity contribution in [3.05, 3.63) is 16.1 Å². The number of rotatable bonds is 3. The van der Waals surface area contributed by atoms with Crippen molar-refractivity contribution in [2.45, 2.75) is 13.0 Å². The van der Waals surface area contributed by atoms with Gasteiger partial charge in [0.1, 0.15) is 6.04 Å². The first-order chi connectivity index (χ1) is 6.04. The first kappa shape index (κ1) is 10.1. The van der Waals surface area contributed by atoms with Gasteiger partial charge in [-0.05, 0) is 21.0 Å². The number of hydrogen-bond donors (Lipinski definition) is 1. The Morgan fingerprint density at radius 2 is 2.31 bits per heavy atom. The molecule has 0 radical (unpaired) electrons. The molecule has 1 N–H and O–H groups in total. The summed E-state index contributed by atoms with van der Waals surface area (Å²) >= 11 is 1.38. The maximum absolute atomic E-state index is 10.9. The Kier molecular flexibility index (Phi) is 3.00. The smallest absolute Gasteiger partial charge is 0.326 e. The van der Waals surface area contributed by atoms with Crippen LogP contribution in [0.5, 0.6) is 0 Å². The number of likely N-dealkylation sites (N-methyl/N-ethyl adjacent to an activating group) is 1. The van der Waals surface area contributed by atoms with Crippen LogP contribution in [0.25, 0.3) is 0 Å². The molecule has 1 atom stereocenters. The Morgan fingerprint density at radius 1 is 1.69 bits per heavy atom. The zero-order valence-corrected chi connectivity index (χ0v) is 8.63. The Balaban J connectivity index is 3.02. The highest BCUT2D eigenvalue weighted by Crippen LogP contribution is 2.25. The van der Waals surface area contributed by atoms with Gasteiger partial charge >= 0.3 is 5.97 Å². The third kappa shape index (κ3) is 2.05. The van der Waals surface area contributed by atoms with E-state index in [1.54, 1.807) is 24.5 Å². The van der Waals surface area contributed by atoms with Crippen molar-refractivity contribution >= 4 is 17.3 Å². The average molecular weight is 200 g/mol. The van der Waals surface area contributed by atoms with Crippen molar-refractivity contribution in [1.29, 1.82) is 0 Å². The molecule has 0 amide bonds. The molecule has 4 nitrogen and oxygen atoms in total. The normalized spacial score (nSPS) is 13.2. The molecule has 1 unspecified atom stereocenters. The molecule has 0 saturated heterocycles. The number of aromatic nitrogens is 1. The first-order valence-electron chi connectivity index (χ1n) is 3.83. The minimum Gasteiger partial charge on any atom is -0.480 e. The summed E-state index contributed by atoms with van der Waals surface area (Å²) in [5, 5.41) is 8.98. The SMILES string of the molecule is Cc1ncsc1C(C(=O)O)N(C)C. The molecule has 0 aliphatic rings. The summed E-state index contributed by atoms with van der Waals surface area (Å²) in [5.41, 5.74) is 2.47. The summed E-state index contributed by atoms with van der Waals surface area (Å²) in [7, 11) is 3.50. The molecule has 0 aliphatic heterocycles. The Hall–Kier alpha value is -0.940. The van der Waals surface area contributed by atoms with Gasteiger partial charge in [0.15, 0.2) is 0 Å². The molecule has 13 heavy (non-hydrogen) atoms. The van der Waals surface area contributed by atoms with E-state index in [-0.39, 0.29) is 0 Å². The Bertz CT molecular complexity index is 309. The van der Waals surface area contributed by atoms with Gasteiger partial charge in [0, 0.05) is 0 Å². The molecule has 72 valence electrons. The van der Waals surface area contributed by atoms with Crippen LogP contribution in [-0.2, 0) is 4.79 Å². The first-order valence-corrected chi connectivity index (χ1v) is 4.71. The molecule has 0 spiro atoms. The van der Waals surface area contributed by atoms with Gasteiger partial charge in [-0.3, -0.25) is 9.69 Å². The van der Waals surface area contributed by atoms with E-state index in [1.165, 1.54) is 11.3 Å². The van der Waals surface area contributed by atoms with Crippen LogP contribution in [-0.4, -0.2) is 35.1 Å². The van der Waals surface area contributed by atoms with Crippen molar-refractivity contribution in [2.75, 3.05) is 14.1 Å². The molecular formula is C8H12N2O2S. The lowest BCUT2D eigenvalue weighted by Gasteiger charge is -2.18. The molecule has 1 aromatic heterocycles. The second kappa shape index (κ2) is 3.85.